The molecule has 2 fully saturated rings. The second-order valence-corrected chi connectivity index (χ2v) is 11.4. The fourth-order valence-electron chi connectivity index (χ4n) is 5.35. The van der Waals surface area contributed by atoms with E-state index in [0.29, 0.717) is 33.9 Å². The fourth-order valence-corrected chi connectivity index (χ4v) is 6.11. The molecule has 2 N–H and O–H groups in total. The van der Waals surface area contributed by atoms with Gasteiger partial charge in [-0.15, -0.1) is 10.2 Å². The number of carbonyl (C=O) groups excluding carboxylic acids is 2. The van der Waals surface area contributed by atoms with Gasteiger partial charge in [0.2, 0.25) is 11.7 Å². The molecule has 2 amide bonds. The molecule has 0 spiro atoms. The van der Waals surface area contributed by atoms with Gasteiger partial charge in [0.1, 0.15) is 0 Å². The van der Waals surface area contributed by atoms with E-state index in [1.165, 1.54) is 11.8 Å². The van der Waals surface area contributed by atoms with Gasteiger partial charge in [-0.2, -0.15) is 0 Å². The summed E-state index contributed by atoms with van der Waals surface area (Å²) in [6, 6.07) is 5.64. The maximum absolute atomic E-state index is 13.4. The van der Waals surface area contributed by atoms with E-state index in [4.69, 9.17) is 0 Å². The van der Waals surface area contributed by atoms with Gasteiger partial charge in [-0.1, -0.05) is 51.3 Å². The number of hydrogen-bond acceptors (Lipinski definition) is 6. The molecular formula is C26H34N6O3S. The maximum atomic E-state index is 13.4. The first-order valence-electron chi connectivity index (χ1n) is 13.1. The molecule has 0 saturated heterocycles. The molecule has 36 heavy (non-hydrogen) atoms. The van der Waals surface area contributed by atoms with E-state index in [9.17, 15) is 14.4 Å². The van der Waals surface area contributed by atoms with Crippen LogP contribution in [0.25, 0.3) is 16.7 Å². The standard InChI is InChI=1S/C26H34N6O3S/c1-16(2)14-31-24(35)20-12-11-17(23(34)28-19-9-5-6-10-19)13-21(20)32-25(31)29-30-26(32)36-15-22(33)27-18-7-3-4-8-18/h11-13,16,18-19H,3-10,14-15H2,1-2H3,(H,27,33)(H,28,34). The Morgan fingerprint density at radius 3 is 2.36 bits per heavy atom. The fraction of sp³-hybridized carbons (Fsp3) is 0.577. The van der Waals surface area contributed by atoms with Crippen LogP contribution in [0, 0.1) is 5.92 Å². The van der Waals surface area contributed by atoms with Crippen molar-refractivity contribution in [3.63, 3.8) is 0 Å². The van der Waals surface area contributed by atoms with Crippen molar-refractivity contribution in [1.82, 2.24) is 29.8 Å². The first kappa shape index (κ1) is 24.8. The van der Waals surface area contributed by atoms with Crippen LogP contribution in [0.4, 0.5) is 0 Å². The van der Waals surface area contributed by atoms with Gasteiger partial charge in [-0.25, -0.2) is 0 Å². The summed E-state index contributed by atoms with van der Waals surface area (Å²) >= 11 is 1.30. The average Bonchev–Trinajstić information content (AvgIpc) is 3.62. The van der Waals surface area contributed by atoms with Crippen molar-refractivity contribution in [1.29, 1.82) is 0 Å². The number of hydrogen-bond donors (Lipinski definition) is 2. The van der Waals surface area contributed by atoms with Crippen LogP contribution < -0.4 is 16.2 Å². The smallest absolute Gasteiger partial charge is 0.262 e. The Morgan fingerprint density at radius 2 is 1.69 bits per heavy atom. The third kappa shape index (κ3) is 5.14. The van der Waals surface area contributed by atoms with E-state index in [1.54, 1.807) is 22.8 Å². The summed E-state index contributed by atoms with van der Waals surface area (Å²) in [6.07, 6.45) is 8.63. The largest absolute Gasteiger partial charge is 0.353 e. The number of rotatable bonds is 8. The Balaban J connectivity index is 1.51. The molecule has 9 nitrogen and oxygen atoms in total. The minimum atomic E-state index is -0.156. The van der Waals surface area contributed by atoms with Gasteiger partial charge in [0.05, 0.1) is 16.7 Å². The first-order chi connectivity index (χ1) is 17.4. The first-order valence-corrected chi connectivity index (χ1v) is 14.0. The Hall–Kier alpha value is -2.88. The van der Waals surface area contributed by atoms with E-state index < -0.39 is 0 Å². The number of aromatic nitrogens is 4. The number of nitrogens with one attached hydrogen (secondary N) is 2. The number of nitrogens with zero attached hydrogens (tertiary/aromatic N) is 4. The summed E-state index contributed by atoms with van der Waals surface area (Å²) in [4.78, 5) is 39.0. The molecule has 2 aliphatic rings. The molecule has 0 bridgehead atoms. The van der Waals surface area contributed by atoms with E-state index in [-0.39, 0.29) is 41.1 Å². The second kappa shape index (κ2) is 10.6. The van der Waals surface area contributed by atoms with Gasteiger partial charge in [0.15, 0.2) is 5.16 Å². The highest BCUT2D eigenvalue weighted by Crippen LogP contribution is 2.24. The Morgan fingerprint density at radius 1 is 1.03 bits per heavy atom. The van der Waals surface area contributed by atoms with Crippen LogP contribution in [0.5, 0.6) is 0 Å². The molecule has 10 heteroatoms. The van der Waals surface area contributed by atoms with Crippen LogP contribution in [0.1, 0.15) is 75.6 Å². The minimum absolute atomic E-state index is 0.0277. The summed E-state index contributed by atoms with van der Waals surface area (Å²) < 4.78 is 3.46. The molecule has 2 saturated carbocycles. The lowest BCUT2D eigenvalue weighted by molar-refractivity contribution is -0.119. The molecule has 0 radical (unpaired) electrons. The highest BCUT2D eigenvalue weighted by atomic mass is 32.2. The monoisotopic (exact) mass is 510 g/mol. The molecule has 0 atom stereocenters. The number of carbonyl (C=O) groups is 2. The van der Waals surface area contributed by atoms with E-state index in [0.717, 1.165) is 51.4 Å². The van der Waals surface area contributed by atoms with Gasteiger partial charge in [0, 0.05) is 24.2 Å². The van der Waals surface area contributed by atoms with Crippen molar-refractivity contribution in [2.24, 2.45) is 5.92 Å². The Bertz CT molecular complexity index is 1330. The van der Waals surface area contributed by atoms with Crippen molar-refractivity contribution in [2.45, 2.75) is 89.0 Å². The summed E-state index contributed by atoms with van der Waals surface area (Å²) in [5.41, 5.74) is 0.926. The third-order valence-corrected chi connectivity index (χ3v) is 8.05. The number of thioether (sulfide) groups is 1. The summed E-state index contributed by atoms with van der Waals surface area (Å²) in [6.45, 7) is 4.58. The van der Waals surface area contributed by atoms with Crippen molar-refractivity contribution in [3.8, 4) is 0 Å². The van der Waals surface area contributed by atoms with Gasteiger partial charge in [0.25, 0.3) is 11.5 Å². The zero-order valence-corrected chi connectivity index (χ0v) is 21.8. The van der Waals surface area contributed by atoms with Crippen LogP contribution in [0.15, 0.2) is 28.2 Å². The summed E-state index contributed by atoms with van der Waals surface area (Å²) in [7, 11) is 0. The summed E-state index contributed by atoms with van der Waals surface area (Å²) in [5.74, 6) is 0.699. The quantitative estimate of drug-likeness (QED) is 0.449. The molecular weight excluding hydrogens is 476 g/mol. The number of fused-ring (bicyclic) bond motifs is 3. The van der Waals surface area contributed by atoms with E-state index in [2.05, 4.69) is 20.8 Å². The predicted molar refractivity (Wildman–Crippen MR) is 140 cm³/mol. The van der Waals surface area contributed by atoms with Gasteiger partial charge < -0.3 is 10.6 Å². The lowest BCUT2D eigenvalue weighted by Crippen LogP contribution is -2.33. The number of amides is 2. The van der Waals surface area contributed by atoms with Gasteiger partial charge in [-0.05, 0) is 49.8 Å². The van der Waals surface area contributed by atoms with Crippen LogP contribution >= 0.6 is 11.8 Å². The molecule has 5 rings (SSSR count). The van der Waals surface area contributed by atoms with Crippen LogP contribution in [-0.4, -0.2) is 48.8 Å². The van der Waals surface area contributed by atoms with E-state index >= 15 is 0 Å². The molecule has 2 aromatic heterocycles. The molecule has 3 aromatic rings. The zero-order chi connectivity index (χ0) is 25.2. The second-order valence-electron chi connectivity index (χ2n) is 10.5. The zero-order valence-electron chi connectivity index (χ0n) is 21.0. The highest BCUT2D eigenvalue weighted by molar-refractivity contribution is 7.99. The van der Waals surface area contributed by atoms with Crippen molar-refractivity contribution in [3.05, 3.63) is 34.1 Å². The summed E-state index contributed by atoms with van der Waals surface area (Å²) in [5, 5.41) is 16.0. The Kier molecular flexibility index (Phi) is 7.32. The van der Waals surface area contributed by atoms with Crippen LogP contribution in [-0.2, 0) is 11.3 Å². The Labute approximate surface area is 214 Å². The highest BCUT2D eigenvalue weighted by Gasteiger charge is 2.22. The third-order valence-electron chi connectivity index (χ3n) is 7.12. The normalized spacial score (nSPS) is 17.0. The number of benzene rings is 1. The topological polar surface area (TPSA) is 110 Å². The van der Waals surface area contributed by atoms with Crippen molar-refractivity contribution < 1.29 is 9.59 Å². The lowest BCUT2D eigenvalue weighted by Gasteiger charge is -2.15. The maximum Gasteiger partial charge on any atom is 0.262 e. The SMILES string of the molecule is CC(C)Cn1c(=O)c2ccc(C(=O)NC3CCCC3)cc2n2c(SCC(=O)NC3CCCC3)nnc12. The molecule has 2 aliphatic carbocycles. The molecule has 0 aliphatic heterocycles. The van der Waals surface area contributed by atoms with Crippen LogP contribution in [0.2, 0.25) is 0 Å². The molecule has 192 valence electrons. The van der Waals surface area contributed by atoms with Crippen LogP contribution in [0.3, 0.4) is 0 Å². The van der Waals surface area contributed by atoms with Gasteiger partial charge in [-0.3, -0.25) is 23.4 Å². The lowest BCUT2D eigenvalue weighted by atomic mass is 10.1. The van der Waals surface area contributed by atoms with E-state index in [1.807, 2.05) is 18.2 Å². The predicted octanol–water partition coefficient (Wildman–Crippen LogP) is 3.52. The molecule has 0 unspecified atom stereocenters. The van der Waals surface area contributed by atoms with Gasteiger partial charge >= 0.3 is 0 Å². The molecule has 1 aromatic carbocycles. The minimum Gasteiger partial charge on any atom is -0.353 e. The average molecular weight is 511 g/mol. The molecule has 2 heterocycles. The van der Waals surface area contributed by atoms with Crippen molar-refractivity contribution >= 4 is 40.3 Å². The van der Waals surface area contributed by atoms with Crippen molar-refractivity contribution in [2.75, 3.05) is 5.75 Å².